The summed E-state index contributed by atoms with van der Waals surface area (Å²) in [6.45, 7) is 0. The Bertz CT molecular complexity index is 689. The highest BCUT2D eigenvalue weighted by molar-refractivity contribution is 6.30. The smallest absolute Gasteiger partial charge is 0.0722 e. The van der Waals surface area contributed by atoms with Gasteiger partial charge in [0, 0.05) is 28.0 Å². The lowest BCUT2D eigenvalue weighted by Crippen LogP contribution is -1.92. The molecule has 0 atom stereocenters. The second-order valence-corrected chi connectivity index (χ2v) is 4.45. The van der Waals surface area contributed by atoms with E-state index in [1.807, 2.05) is 48.5 Å². The van der Waals surface area contributed by atoms with E-state index in [2.05, 4.69) is 16.4 Å². The van der Waals surface area contributed by atoms with Crippen molar-refractivity contribution in [2.24, 2.45) is 0 Å². The number of pyridine rings is 1. The molecule has 0 aliphatic heterocycles. The van der Waals surface area contributed by atoms with Crippen molar-refractivity contribution < 1.29 is 0 Å². The van der Waals surface area contributed by atoms with Gasteiger partial charge in [-0.05, 0) is 30.3 Å². The first-order chi connectivity index (χ1) is 8.83. The molecule has 3 aromatic rings. The van der Waals surface area contributed by atoms with Crippen LogP contribution in [0, 0.1) is 0 Å². The van der Waals surface area contributed by atoms with Crippen molar-refractivity contribution in [1.82, 2.24) is 4.98 Å². The van der Waals surface area contributed by atoms with E-state index in [4.69, 9.17) is 11.6 Å². The summed E-state index contributed by atoms with van der Waals surface area (Å²) in [7, 11) is 0. The van der Waals surface area contributed by atoms with Gasteiger partial charge in [0.2, 0.25) is 0 Å². The number of benzene rings is 2. The number of aromatic nitrogens is 1. The molecule has 1 aromatic heterocycles. The quantitative estimate of drug-likeness (QED) is 0.721. The van der Waals surface area contributed by atoms with Gasteiger partial charge in [-0.2, -0.15) is 0 Å². The van der Waals surface area contributed by atoms with Crippen molar-refractivity contribution in [1.29, 1.82) is 0 Å². The summed E-state index contributed by atoms with van der Waals surface area (Å²) in [5.41, 5.74) is 2.98. The van der Waals surface area contributed by atoms with Crippen LogP contribution in [0.15, 0.2) is 60.8 Å². The molecular formula is C15H11ClN2. The number of nitrogens with one attached hydrogen (secondary N) is 1. The molecule has 0 saturated carbocycles. The van der Waals surface area contributed by atoms with Crippen LogP contribution in [-0.2, 0) is 0 Å². The zero-order valence-corrected chi connectivity index (χ0v) is 10.4. The number of nitrogens with zero attached hydrogens (tertiary/aromatic N) is 1. The minimum atomic E-state index is 0.721. The van der Waals surface area contributed by atoms with E-state index in [-0.39, 0.29) is 0 Å². The van der Waals surface area contributed by atoms with Gasteiger partial charge in [-0.25, -0.2) is 0 Å². The second kappa shape index (κ2) is 4.67. The summed E-state index contributed by atoms with van der Waals surface area (Å²) in [4.78, 5) is 4.33. The maximum Gasteiger partial charge on any atom is 0.0722 e. The van der Waals surface area contributed by atoms with Crippen LogP contribution < -0.4 is 5.32 Å². The Labute approximate surface area is 110 Å². The lowest BCUT2D eigenvalue weighted by molar-refractivity contribution is 1.40. The molecule has 18 heavy (non-hydrogen) atoms. The first-order valence-electron chi connectivity index (χ1n) is 5.69. The van der Waals surface area contributed by atoms with E-state index in [1.54, 1.807) is 6.20 Å². The molecule has 2 aromatic carbocycles. The average molecular weight is 255 g/mol. The van der Waals surface area contributed by atoms with Gasteiger partial charge in [0.05, 0.1) is 5.52 Å². The molecule has 1 N–H and O–H groups in total. The van der Waals surface area contributed by atoms with Gasteiger partial charge in [0.25, 0.3) is 0 Å². The number of fused-ring (bicyclic) bond motifs is 1. The SMILES string of the molecule is Clc1cccc(Nc2ccnc3ccccc23)c1. The Hall–Kier alpha value is -2.06. The molecule has 0 spiro atoms. The Morgan fingerprint density at radius 2 is 1.83 bits per heavy atom. The number of hydrogen-bond acceptors (Lipinski definition) is 2. The fourth-order valence-corrected chi connectivity index (χ4v) is 2.12. The van der Waals surface area contributed by atoms with Crippen molar-refractivity contribution in [3.63, 3.8) is 0 Å². The monoisotopic (exact) mass is 254 g/mol. The molecule has 0 amide bonds. The topological polar surface area (TPSA) is 24.9 Å². The minimum Gasteiger partial charge on any atom is -0.355 e. The van der Waals surface area contributed by atoms with Gasteiger partial charge in [-0.1, -0.05) is 35.9 Å². The van der Waals surface area contributed by atoms with Crippen molar-refractivity contribution >= 4 is 33.9 Å². The first kappa shape index (κ1) is 11.1. The van der Waals surface area contributed by atoms with Crippen LogP contribution in [0.25, 0.3) is 10.9 Å². The van der Waals surface area contributed by atoms with Crippen LogP contribution in [0.4, 0.5) is 11.4 Å². The summed E-state index contributed by atoms with van der Waals surface area (Å²) >= 11 is 5.98. The van der Waals surface area contributed by atoms with Gasteiger partial charge in [0.15, 0.2) is 0 Å². The minimum absolute atomic E-state index is 0.721. The molecule has 0 aliphatic carbocycles. The maximum absolute atomic E-state index is 5.98. The third kappa shape index (κ3) is 2.15. The van der Waals surface area contributed by atoms with Gasteiger partial charge in [-0.3, -0.25) is 4.98 Å². The zero-order valence-electron chi connectivity index (χ0n) is 9.60. The van der Waals surface area contributed by atoms with E-state index in [0.717, 1.165) is 27.3 Å². The largest absolute Gasteiger partial charge is 0.355 e. The van der Waals surface area contributed by atoms with Crippen LogP contribution in [0.5, 0.6) is 0 Å². The van der Waals surface area contributed by atoms with E-state index in [9.17, 15) is 0 Å². The van der Waals surface area contributed by atoms with E-state index in [0.29, 0.717) is 0 Å². The normalized spacial score (nSPS) is 10.5. The van der Waals surface area contributed by atoms with Crippen LogP contribution in [0.1, 0.15) is 0 Å². The van der Waals surface area contributed by atoms with Gasteiger partial charge < -0.3 is 5.32 Å². The Balaban J connectivity index is 2.05. The molecule has 0 fully saturated rings. The van der Waals surface area contributed by atoms with E-state index >= 15 is 0 Å². The predicted octanol–water partition coefficient (Wildman–Crippen LogP) is 4.63. The molecule has 3 heteroatoms. The standard InChI is InChI=1S/C15H11ClN2/c16-11-4-3-5-12(10-11)18-15-8-9-17-14-7-2-1-6-13(14)15/h1-10H,(H,17,18). The van der Waals surface area contributed by atoms with Crippen LogP contribution in [-0.4, -0.2) is 4.98 Å². The maximum atomic E-state index is 5.98. The van der Waals surface area contributed by atoms with E-state index in [1.165, 1.54) is 0 Å². The summed E-state index contributed by atoms with van der Waals surface area (Å²) in [5, 5.41) is 5.18. The summed E-state index contributed by atoms with van der Waals surface area (Å²) in [6, 6.07) is 17.7. The highest BCUT2D eigenvalue weighted by Gasteiger charge is 2.01. The lowest BCUT2D eigenvalue weighted by atomic mass is 10.2. The predicted molar refractivity (Wildman–Crippen MR) is 76.5 cm³/mol. The van der Waals surface area contributed by atoms with Gasteiger partial charge in [0.1, 0.15) is 0 Å². The molecule has 1 heterocycles. The highest BCUT2D eigenvalue weighted by atomic mass is 35.5. The highest BCUT2D eigenvalue weighted by Crippen LogP contribution is 2.25. The molecule has 2 nitrogen and oxygen atoms in total. The molecule has 0 unspecified atom stereocenters. The molecule has 0 radical (unpaired) electrons. The second-order valence-electron chi connectivity index (χ2n) is 4.01. The third-order valence-electron chi connectivity index (χ3n) is 2.75. The van der Waals surface area contributed by atoms with Gasteiger partial charge >= 0.3 is 0 Å². The van der Waals surface area contributed by atoms with Gasteiger partial charge in [-0.15, -0.1) is 0 Å². The zero-order chi connectivity index (χ0) is 12.4. The van der Waals surface area contributed by atoms with E-state index < -0.39 is 0 Å². The summed E-state index contributed by atoms with van der Waals surface area (Å²) in [5.74, 6) is 0. The van der Waals surface area contributed by atoms with Crippen LogP contribution in [0.3, 0.4) is 0 Å². The molecule has 3 rings (SSSR count). The van der Waals surface area contributed by atoms with Crippen molar-refractivity contribution in [3.05, 3.63) is 65.8 Å². The van der Waals surface area contributed by atoms with Crippen LogP contribution >= 0.6 is 11.6 Å². The third-order valence-corrected chi connectivity index (χ3v) is 2.99. The molecule has 88 valence electrons. The lowest BCUT2D eigenvalue weighted by Gasteiger charge is -2.09. The number of rotatable bonds is 2. The Morgan fingerprint density at radius 1 is 0.944 bits per heavy atom. The molecule has 0 bridgehead atoms. The van der Waals surface area contributed by atoms with Crippen LogP contribution in [0.2, 0.25) is 5.02 Å². The van der Waals surface area contributed by atoms with Crippen molar-refractivity contribution in [2.45, 2.75) is 0 Å². The summed E-state index contributed by atoms with van der Waals surface area (Å²) < 4.78 is 0. The summed E-state index contributed by atoms with van der Waals surface area (Å²) in [6.07, 6.45) is 1.80. The number of para-hydroxylation sites is 1. The Morgan fingerprint density at radius 3 is 2.72 bits per heavy atom. The number of anilines is 2. The average Bonchev–Trinajstić information content (AvgIpc) is 2.39. The molecule has 0 saturated heterocycles. The van der Waals surface area contributed by atoms with Crippen molar-refractivity contribution in [2.75, 3.05) is 5.32 Å². The first-order valence-corrected chi connectivity index (χ1v) is 6.07. The fraction of sp³-hybridized carbons (Fsp3) is 0. The van der Waals surface area contributed by atoms with Crippen molar-refractivity contribution in [3.8, 4) is 0 Å². The Kier molecular flexibility index (Phi) is 2.87. The molecule has 0 aliphatic rings. The number of hydrogen-bond donors (Lipinski definition) is 1. The molecular weight excluding hydrogens is 244 g/mol. The number of halogens is 1. The fourth-order valence-electron chi connectivity index (χ4n) is 1.93.